The van der Waals surface area contributed by atoms with Crippen molar-refractivity contribution in [3.05, 3.63) is 81.9 Å². The van der Waals surface area contributed by atoms with Crippen molar-refractivity contribution in [3.8, 4) is 0 Å². The van der Waals surface area contributed by atoms with Gasteiger partial charge in [-0.15, -0.1) is 0 Å². The molecule has 0 spiro atoms. The lowest BCUT2D eigenvalue weighted by molar-refractivity contribution is 1.27. The van der Waals surface area contributed by atoms with Gasteiger partial charge < -0.3 is 0 Å². The van der Waals surface area contributed by atoms with E-state index in [1.165, 1.54) is 12.4 Å². The molecule has 0 amide bonds. The molecule has 2 nitrogen and oxygen atoms in total. The van der Waals surface area contributed by atoms with E-state index in [0.717, 1.165) is 11.1 Å². The molecule has 0 saturated heterocycles. The van der Waals surface area contributed by atoms with Gasteiger partial charge in [0.2, 0.25) is 0 Å². The molecule has 22 heavy (non-hydrogen) atoms. The summed E-state index contributed by atoms with van der Waals surface area (Å²) in [6, 6.07) is 19.5. The van der Waals surface area contributed by atoms with E-state index in [0.29, 0.717) is 10.1 Å². The maximum atomic E-state index is 6.05. The zero-order valence-electron chi connectivity index (χ0n) is 11.7. The van der Waals surface area contributed by atoms with Crippen LogP contribution in [0, 0.1) is 0 Å². The summed E-state index contributed by atoms with van der Waals surface area (Å²) in [7, 11) is 0. The van der Waals surface area contributed by atoms with Crippen molar-refractivity contribution >= 4 is 47.8 Å². The Balaban J connectivity index is 1.94. The Morgan fingerprint density at radius 3 is 1.36 bits per heavy atom. The van der Waals surface area contributed by atoms with Crippen LogP contribution in [0.1, 0.15) is 11.1 Å². The Kier molecular flexibility index (Phi) is 6.62. The molecule has 0 saturated carbocycles. The van der Waals surface area contributed by atoms with Gasteiger partial charge in [0.15, 0.2) is 0 Å². The highest BCUT2D eigenvalue weighted by Crippen LogP contribution is 2.09. The van der Waals surface area contributed by atoms with Crippen molar-refractivity contribution in [1.82, 2.24) is 0 Å². The number of nitrogens with zero attached hydrogens (tertiary/aromatic N) is 2. The molecule has 110 valence electrons. The maximum Gasteiger partial charge on any atom is 0.0682 e. The third-order valence-electron chi connectivity index (χ3n) is 2.64. The number of hydrogen-bond acceptors (Lipinski definition) is 2. The predicted molar refractivity (Wildman–Crippen MR) is 97.5 cm³/mol. The van der Waals surface area contributed by atoms with Gasteiger partial charge in [-0.25, -0.2) is 0 Å². The van der Waals surface area contributed by atoms with Crippen molar-refractivity contribution in [2.24, 2.45) is 10.2 Å². The lowest BCUT2D eigenvalue weighted by atomic mass is 10.2. The summed E-state index contributed by atoms with van der Waals surface area (Å²) < 4.78 is 0. The number of benzene rings is 2. The quantitative estimate of drug-likeness (QED) is 0.504. The van der Waals surface area contributed by atoms with Gasteiger partial charge in [-0.05, 0) is 23.3 Å². The van der Waals surface area contributed by atoms with Crippen LogP contribution in [0.3, 0.4) is 0 Å². The molecular weight excluding hydrogens is 315 g/mol. The molecule has 0 bridgehead atoms. The standard InChI is InChI=1S/C18H14Cl2N2/c19-17(11-15-7-3-1-4-8-15)13-21-22-14-18(20)12-16-9-5-2-6-10-16/h1-14H/b17-11-,18-12-,21-13-,22-14-. The van der Waals surface area contributed by atoms with Crippen LogP contribution < -0.4 is 0 Å². The molecule has 0 heterocycles. The van der Waals surface area contributed by atoms with E-state index in [1.54, 1.807) is 0 Å². The largest absolute Gasteiger partial charge is 0.158 e. The number of allylic oxidation sites excluding steroid dienone is 2. The van der Waals surface area contributed by atoms with Gasteiger partial charge >= 0.3 is 0 Å². The minimum atomic E-state index is 0.492. The van der Waals surface area contributed by atoms with Gasteiger partial charge in [0.05, 0.1) is 22.5 Å². The van der Waals surface area contributed by atoms with Crippen LogP contribution in [-0.4, -0.2) is 12.4 Å². The van der Waals surface area contributed by atoms with Crippen LogP contribution in [0.4, 0.5) is 0 Å². The van der Waals surface area contributed by atoms with Crippen molar-refractivity contribution in [2.75, 3.05) is 0 Å². The fraction of sp³-hybridized carbons (Fsp3) is 0. The monoisotopic (exact) mass is 328 g/mol. The number of halogens is 2. The minimum Gasteiger partial charge on any atom is -0.158 e. The zero-order valence-corrected chi connectivity index (χ0v) is 13.2. The SMILES string of the molecule is ClC(/C=N\N=C/C(Cl)=C/c1ccccc1)=C\c1ccccc1. The van der Waals surface area contributed by atoms with E-state index in [9.17, 15) is 0 Å². The Labute approximate surface area is 140 Å². The summed E-state index contributed by atoms with van der Waals surface area (Å²) in [5.74, 6) is 0. The third kappa shape index (κ3) is 6.08. The topological polar surface area (TPSA) is 24.7 Å². The van der Waals surface area contributed by atoms with Crippen LogP contribution in [-0.2, 0) is 0 Å². The molecule has 0 aliphatic rings. The minimum absolute atomic E-state index is 0.492. The summed E-state index contributed by atoms with van der Waals surface area (Å²) in [4.78, 5) is 0. The summed E-state index contributed by atoms with van der Waals surface area (Å²) >= 11 is 12.1. The Hall–Kier alpha value is -2.16. The fourth-order valence-electron chi connectivity index (χ4n) is 1.67. The van der Waals surface area contributed by atoms with Gasteiger partial charge in [-0.3, -0.25) is 0 Å². The summed E-state index contributed by atoms with van der Waals surface area (Å²) in [5, 5.41) is 8.72. The highest BCUT2D eigenvalue weighted by Gasteiger charge is 1.90. The van der Waals surface area contributed by atoms with E-state index < -0.39 is 0 Å². The second-order valence-electron chi connectivity index (χ2n) is 4.37. The molecule has 4 heteroatoms. The van der Waals surface area contributed by atoms with Crippen LogP contribution in [0.15, 0.2) is 80.9 Å². The first-order valence-corrected chi connectivity index (χ1v) is 7.40. The average molecular weight is 329 g/mol. The molecule has 2 aromatic rings. The molecule has 0 fully saturated rings. The zero-order chi connectivity index (χ0) is 15.6. The maximum absolute atomic E-state index is 6.05. The summed E-state index contributed by atoms with van der Waals surface area (Å²) in [6.45, 7) is 0. The number of rotatable bonds is 5. The summed E-state index contributed by atoms with van der Waals surface area (Å²) in [5.41, 5.74) is 2.01. The van der Waals surface area contributed by atoms with E-state index in [2.05, 4.69) is 10.2 Å². The Bertz CT molecular complexity index is 639. The molecule has 0 atom stereocenters. The van der Waals surface area contributed by atoms with Gasteiger partial charge in [-0.1, -0.05) is 83.9 Å². The van der Waals surface area contributed by atoms with Crippen molar-refractivity contribution in [3.63, 3.8) is 0 Å². The lowest BCUT2D eigenvalue weighted by Gasteiger charge is -1.92. The molecule has 2 rings (SSSR count). The van der Waals surface area contributed by atoms with Crippen LogP contribution in [0.2, 0.25) is 0 Å². The Morgan fingerprint density at radius 2 is 1.00 bits per heavy atom. The molecule has 0 aromatic heterocycles. The van der Waals surface area contributed by atoms with E-state index in [-0.39, 0.29) is 0 Å². The highest BCUT2D eigenvalue weighted by atomic mass is 35.5. The predicted octanol–water partition coefficient (Wildman–Crippen LogP) is 5.60. The first-order chi connectivity index (χ1) is 10.7. The van der Waals surface area contributed by atoms with Gasteiger partial charge in [0, 0.05) is 0 Å². The Morgan fingerprint density at radius 1 is 0.636 bits per heavy atom. The second kappa shape index (κ2) is 8.98. The van der Waals surface area contributed by atoms with Gasteiger partial charge in [-0.2, -0.15) is 10.2 Å². The van der Waals surface area contributed by atoms with E-state index in [4.69, 9.17) is 23.2 Å². The molecule has 2 aromatic carbocycles. The van der Waals surface area contributed by atoms with Crippen LogP contribution in [0.5, 0.6) is 0 Å². The van der Waals surface area contributed by atoms with E-state index in [1.807, 2.05) is 72.8 Å². The average Bonchev–Trinajstić information content (AvgIpc) is 2.53. The smallest absolute Gasteiger partial charge is 0.0682 e. The molecule has 0 aliphatic heterocycles. The summed E-state index contributed by atoms with van der Waals surface area (Å²) in [6.07, 6.45) is 6.56. The van der Waals surface area contributed by atoms with Gasteiger partial charge in [0.1, 0.15) is 0 Å². The molecule has 0 unspecified atom stereocenters. The molecule has 0 radical (unpaired) electrons. The highest BCUT2D eigenvalue weighted by molar-refractivity contribution is 6.42. The normalized spacial score (nSPS) is 13.2. The number of hydrogen-bond donors (Lipinski definition) is 0. The molecule has 0 N–H and O–H groups in total. The molecular formula is C18H14Cl2N2. The van der Waals surface area contributed by atoms with Gasteiger partial charge in [0.25, 0.3) is 0 Å². The van der Waals surface area contributed by atoms with Crippen molar-refractivity contribution < 1.29 is 0 Å². The first kappa shape index (κ1) is 16.2. The van der Waals surface area contributed by atoms with Crippen molar-refractivity contribution in [1.29, 1.82) is 0 Å². The third-order valence-corrected chi connectivity index (χ3v) is 3.05. The first-order valence-electron chi connectivity index (χ1n) is 6.65. The lowest BCUT2D eigenvalue weighted by Crippen LogP contribution is -1.77. The van der Waals surface area contributed by atoms with E-state index >= 15 is 0 Å². The van der Waals surface area contributed by atoms with Crippen LogP contribution >= 0.6 is 23.2 Å². The van der Waals surface area contributed by atoms with Crippen molar-refractivity contribution in [2.45, 2.75) is 0 Å². The molecule has 0 aliphatic carbocycles. The fourth-order valence-corrected chi connectivity index (χ4v) is 2.01. The second-order valence-corrected chi connectivity index (χ2v) is 5.24. The van der Waals surface area contributed by atoms with Crippen LogP contribution in [0.25, 0.3) is 12.2 Å².